The number of ether oxygens (including phenoxy) is 2. The van der Waals surface area contributed by atoms with Gasteiger partial charge in [0.2, 0.25) is 0 Å². The second-order valence-electron chi connectivity index (χ2n) is 12.8. The SMILES string of the molecule is CC1O[C@H]2[C@@H](O)[C@H](n3cnc4c(NO)ncnc43)O[C@@H]2CN1C1CC(CCc2nc3cc(C(C)(C)C)ccc3[nH]2)C1. The molecular formula is C29H38N8O4. The summed E-state index contributed by atoms with van der Waals surface area (Å²) in [6, 6.07) is 6.98. The molecule has 0 bridgehead atoms. The Morgan fingerprint density at radius 2 is 1.98 bits per heavy atom. The number of aliphatic hydroxyl groups is 1. The number of hydrogen-bond acceptors (Lipinski definition) is 10. The van der Waals surface area contributed by atoms with E-state index in [0.29, 0.717) is 29.7 Å². The average Bonchev–Trinajstić information content (AvgIpc) is 3.62. The van der Waals surface area contributed by atoms with Gasteiger partial charge in [0.15, 0.2) is 23.2 Å². The molecule has 2 saturated heterocycles. The van der Waals surface area contributed by atoms with Crippen molar-refractivity contribution >= 4 is 28.0 Å². The van der Waals surface area contributed by atoms with Crippen LogP contribution in [0.1, 0.15) is 64.6 Å². The third kappa shape index (κ3) is 4.67. The zero-order chi connectivity index (χ0) is 28.5. The first-order valence-corrected chi connectivity index (χ1v) is 14.5. The maximum Gasteiger partial charge on any atom is 0.181 e. The van der Waals surface area contributed by atoms with Gasteiger partial charge in [0.25, 0.3) is 0 Å². The molecule has 4 N–H and O–H groups in total. The van der Waals surface area contributed by atoms with Gasteiger partial charge in [-0.25, -0.2) is 19.9 Å². The van der Waals surface area contributed by atoms with E-state index in [1.165, 1.54) is 11.9 Å². The van der Waals surface area contributed by atoms with Crippen LogP contribution in [-0.2, 0) is 21.3 Å². The Morgan fingerprint density at radius 3 is 2.76 bits per heavy atom. The first kappa shape index (κ1) is 26.7. The molecule has 1 aromatic carbocycles. The number of hydrogen-bond donors (Lipinski definition) is 4. The Morgan fingerprint density at radius 1 is 1.15 bits per heavy atom. The molecule has 3 aliphatic rings. The summed E-state index contributed by atoms with van der Waals surface area (Å²) >= 11 is 0. The van der Waals surface area contributed by atoms with Crippen LogP contribution in [0.25, 0.3) is 22.2 Å². The predicted molar refractivity (Wildman–Crippen MR) is 151 cm³/mol. The Bertz CT molecular complexity index is 1560. The van der Waals surface area contributed by atoms with Crippen LogP contribution in [0.15, 0.2) is 30.9 Å². The fourth-order valence-corrected chi connectivity index (χ4v) is 6.68. The van der Waals surface area contributed by atoms with Crippen LogP contribution in [0.3, 0.4) is 0 Å². The lowest BCUT2D eigenvalue weighted by atomic mass is 9.76. The highest BCUT2D eigenvalue weighted by atomic mass is 16.6. The van der Waals surface area contributed by atoms with E-state index >= 15 is 0 Å². The molecule has 0 spiro atoms. The van der Waals surface area contributed by atoms with Crippen LogP contribution in [0.5, 0.6) is 0 Å². The van der Waals surface area contributed by atoms with Crippen LogP contribution in [0, 0.1) is 5.92 Å². The maximum absolute atomic E-state index is 11.1. The van der Waals surface area contributed by atoms with Crippen molar-refractivity contribution in [3.8, 4) is 0 Å². The fourth-order valence-electron chi connectivity index (χ4n) is 6.68. The molecule has 218 valence electrons. The summed E-state index contributed by atoms with van der Waals surface area (Å²) in [7, 11) is 0. The van der Waals surface area contributed by atoms with E-state index < -0.39 is 18.4 Å². The van der Waals surface area contributed by atoms with Crippen molar-refractivity contribution < 1.29 is 19.8 Å². The van der Waals surface area contributed by atoms with Crippen molar-refractivity contribution in [2.45, 2.75) is 95.6 Å². The van der Waals surface area contributed by atoms with E-state index in [0.717, 1.165) is 42.5 Å². The molecule has 5 heterocycles. The van der Waals surface area contributed by atoms with Crippen molar-refractivity contribution in [1.82, 2.24) is 34.4 Å². The van der Waals surface area contributed by atoms with Crippen molar-refractivity contribution in [2.24, 2.45) is 5.92 Å². The van der Waals surface area contributed by atoms with E-state index in [4.69, 9.17) is 14.5 Å². The standard InChI is InChI=1S/C29H38N8O4/c1-15-36(18-9-16(10-18)5-8-22-33-19-7-6-17(29(2,3)4)11-20(19)34-22)12-21-25(40-15)24(38)28(41-21)37-14-32-23-26(35-39)30-13-31-27(23)37/h6-7,11,13-16,18,21,24-25,28,38-39H,5,8-10,12H2,1-4H3,(H,33,34)(H,30,31,35)/t15?,16?,18?,21-,24-,25-,28-/m1/s1. The van der Waals surface area contributed by atoms with Crippen LogP contribution >= 0.6 is 0 Å². The Balaban J connectivity index is 0.961. The third-order valence-electron chi connectivity index (χ3n) is 9.13. The first-order chi connectivity index (χ1) is 19.7. The number of benzene rings is 1. The van der Waals surface area contributed by atoms with Crippen LogP contribution in [0.4, 0.5) is 5.82 Å². The van der Waals surface area contributed by atoms with Gasteiger partial charge in [-0.15, -0.1) is 0 Å². The normalized spacial score (nSPS) is 30.5. The average molecular weight is 563 g/mol. The number of nitrogens with zero attached hydrogens (tertiary/aromatic N) is 6. The number of imidazole rings is 2. The van der Waals surface area contributed by atoms with Gasteiger partial charge in [0.05, 0.1) is 17.4 Å². The van der Waals surface area contributed by atoms with Gasteiger partial charge in [-0.05, 0) is 55.2 Å². The molecule has 7 rings (SSSR count). The molecule has 3 fully saturated rings. The quantitative estimate of drug-likeness (QED) is 0.257. The van der Waals surface area contributed by atoms with Crippen molar-refractivity contribution in [3.05, 3.63) is 42.2 Å². The largest absolute Gasteiger partial charge is 0.386 e. The molecule has 0 amide bonds. The Labute approximate surface area is 238 Å². The molecule has 1 unspecified atom stereocenters. The number of aromatic nitrogens is 6. The smallest absolute Gasteiger partial charge is 0.181 e. The van der Waals surface area contributed by atoms with Crippen molar-refractivity contribution in [1.29, 1.82) is 0 Å². The molecule has 4 aromatic rings. The number of anilines is 1. The van der Waals surface area contributed by atoms with Crippen molar-refractivity contribution in [3.63, 3.8) is 0 Å². The summed E-state index contributed by atoms with van der Waals surface area (Å²) in [4.78, 5) is 23.3. The van der Waals surface area contributed by atoms with Crippen LogP contribution in [0.2, 0.25) is 0 Å². The van der Waals surface area contributed by atoms with E-state index in [1.54, 1.807) is 10.9 Å². The molecule has 2 aliphatic heterocycles. The number of nitrogens with one attached hydrogen (secondary N) is 2. The zero-order valence-electron chi connectivity index (χ0n) is 23.9. The molecule has 12 heteroatoms. The van der Waals surface area contributed by atoms with Gasteiger partial charge in [-0.1, -0.05) is 26.8 Å². The summed E-state index contributed by atoms with van der Waals surface area (Å²) in [6.45, 7) is 9.44. The molecule has 0 radical (unpaired) electrons. The fraction of sp³-hybridized carbons (Fsp3) is 0.586. The van der Waals surface area contributed by atoms with E-state index in [2.05, 4.69) is 70.7 Å². The van der Waals surface area contributed by atoms with Gasteiger partial charge >= 0.3 is 0 Å². The minimum absolute atomic E-state index is 0.108. The highest BCUT2D eigenvalue weighted by Crippen LogP contribution is 2.42. The van der Waals surface area contributed by atoms with Crippen molar-refractivity contribution in [2.75, 3.05) is 12.0 Å². The summed E-state index contributed by atoms with van der Waals surface area (Å²) in [6.07, 6.45) is 4.77. The van der Waals surface area contributed by atoms with E-state index in [-0.39, 0.29) is 23.6 Å². The highest BCUT2D eigenvalue weighted by Gasteiger charge is 2.52. The monoisotopic (exact) mass is 562 g/mol. The summed E-state index contributed by atoms with van der Waals surface area (Å²) in [5.41, 5.74) is 6.46. The van der Waals surface area contributed by atoms with Gasteiger partial charge in [-0.2, -0.15) is 0 Å². The summed E-state index contributed by atoms with van der Waals surface area (Å²) in [5.74, 6) is 1.91. The number of H-pyrrole nitrogens is 1. The topological polar surface area (TPSA) is 146 Å². The second kappa shape index (κ2) is 9.99. The Kier molecular flexibility index (Phi) is 6.51. The number of fused-ring (bicyclic) bond motifs is 3. The molecule has 3 aromatic heterocycles. The maximum atomic E-state index is 11.1. The predicted octanol–water partition coefficient (Wildman–Crippen LogP) is 3.52. The molecule has 41 heavy (non-hydrogen) atoms. The third-order valence-corrected chi connectivity index (χ3v) is 9.13. The minimum Gasteiger partial charge on any atom is -0.386 e. The molecule has 1 aliphatic carbocycles. The van der Waals surface area contributed by atoms with Gasteiger partial charge in [0.1, 0.15) is 36.7 Å². The lowest BCUT2D eigenvalue weighted by molar-refractivity contribution is -0.199. The minimum atomic E-state index is -0.875. The molecule has 12 nitrogen and oxygen atoms in total. The molecule has 1 saturated carbocycles. The van der Waals surface area contributed by atoms with E-state index in [9.17, 15) is 10.3 Å². The molecule has 5 atom stereocenters. The lowest BCUT2D eigenvalue weighted by Gasteiger charge is -2.49. The van der Waals surface area contributed by atoms with Gasteiger partial charge in [-0.3, -0.25) is 20.2 Å². The second-order valence-corrected chi connectivity index (χ2v) is 12.8. The zero-order valence-corrected chi connectivity index (χ0v) is 23.9. The van der Waals surface area contributed by atoms with Crippen LogP contribution < -0.4 is 5.48 Å². The number of aryl methyl sites for hydroxylation is 1. The van der Waals surface area contributed by atoms with E-state index in [1.807, 2.05) is 5.48 Å². The summed E-state index contributed by atoms with van der Waals surface area (Å²) in [5, 5.41) is 20.5. The number of aliphatic hydroxyl groups excluding tert-OH is 1. The lowest BCUT2D eigenvalue weighted by Crippen LogP contribution is -2.59. The first-order valence-electron chi connectivity index (χ1n) is 14.5. The van der Waals surface area contributed by atoms with Gasteiger partial charge < -0.3 is 19.6 Å². The number of aromatic amines is 1. The molecular weight excluding hydrogens is 524 g/mol. The summed E-state index contributed by atoms with van der Waals surface area (Å²) < 4.78 is 14.3. The highest BCUT2D eigenvalue weighted by molar-refractivity contribution is 5.82. The van der Waals surface area contributed by atoms with Crippen LogP contribution in [-0.4, -0.2) is 81.8 Å². The Hall–Kier alpha value is -3.16. The van der Waals surface area contributed by atoms with Gasteiger partial charge in [0, 0.05) is 19.0 Å². The number of rotatable bonds is 6.